The molecule has 0 radical (unpaired) electrons. The van der Waals surface area contributed by atoms with Gasteiger partial charge in [-0.05, 0) is 43.1 Å². The number of amides is 1. The van der Waals surface area contributed by atoms with E-state index in [-0.39, 0.29) is 41.9 Å². The Bertz CT molecular complexity index is 1300. The number of allylic oxidation sites excluding steroid dienone is 3. The van der Waals surface area contributed by atoms with E-state index in [1.54, 1.807) is 25.3 Å². The Balaban J connectivity index is 1.43. The molecule has 1 aromatic heterocycles. The van der Waals surface area contributed by atoms with Crippen molar-refractivity contribution in [2.75, 3.05) is 11.9 Å². The molecule has 37 heavy (non-hydrogen) atoms. The normalized spacial score (nSPS) is 34.9. The van der Waals surface area contributed by atoms with Crippen LogP contribution in [0.2, 0.25) is 0 Å². The number of cyclic esters (lactones) is 1. The van der Waals surface area contributed by atoms with Crippen LogP contribution in [-0.2, 0) is 21.4 Å². The van der Waals surface area contributed by atoms with Crippen molar-refractivity contribution in [3.63, 3.8) is 0 Å². The molecule has 9 nitrogen and oxygen atoms in total. The summed E-state index contributed by atoms with van der Waals surface area (Å²) in [6.45, 7) is 8.45. The lowest BCUT2D eigenvalue weighted by atomic mass is 9.46. The molecule has 1 amide bonds. The van der Waals surface area contributed by atoms with Gasteiger partial charge in [-0.25, -0.2) is 4.79 Å². The van der Waals surface area contributed by atoms with E-state index in [2.05, 4.69) is 23.9 Å². The summed E-state index contributed by atoms with van der Waals surface area (Å²) >= 11 is 0. The predicted octanol–water partition coefficient (Wildman–Crippen LogP) is 3.25. The zero-order chi connectivity index (χ0) is 26.7. The summed E-state index contributed by atoms with van der Waals surface area (Å²) in [6.07, 6.45) is 9.59. The second-order valence-electron chi connectivity index (χ2n) is 11.3. The standard InChI is InChI=1S/C28H34N4O5/c1-15-5-8-21-27(2,10-9-22(34)28(21,3)14-33)18(15)7-6-16-11-17(37-26(16)36)12-20-24-19(29)13-23(35)30-25(24)32(4)31-20/h6-7,11-12,18,21-22,29,33-34H,1,5,8-10,13-14H2,2-4H3,(H,30,35)/b7-6+,17-12+,29-19?/t18?,21?,22-,27-,28+/m1/s1. The molecule has 0 aromatic carbocycles. The van der Waals surface area contributed by atoms with Crippen LogP contribution in [-0.4, -0.2) is 50.3 Å². The van der Waals surface area contributed by atoms with Crippen LogP contribution < -0.4 is 5.32 Å². The van der Waals surface area contributed by atoms with Crippen LogP contribution >= 0.6 is 0 Å². The Hall–Kier alpha value is -3.30. The third-order valence-electron chi connectivity index (χ3n) is 9.02. The summed E-state index contributed by atoms with van der Waals surface area (Å²) in [5.41, 5.74) is 1.86. The molecular formula is C28H34N4O5. The first-order chi connectivity index (χ1) is 17.5. The van der Waals surface area contributed by atoms with Crippen molar-refractivity contribution >= 4 is 29.5 Å². The number of esters is 1. The number of ether oxygens (including phenoxy) is 1. The number of nitrogens with one attached hydrogen (secondary N) is 2. The summed E-state index contributed by atoms with van der Waals surface area (Å²) in [6, 6.07) is 0. The van der Waals surface area contributed by atoms with Gasteiger partial charge in [-0.3, -0.25) is 9.48 Å². The average Bonchev–Trinajstić information content (AvgIpc) is 3.34. The molecule has 3 heterocycles. The summed E-state index contributed by atoms with van der Waals surface area (Å²) in [5.74, 6) is 0.158. The van der Waals surface area contributed by atoms with E-state index in [1.807, 2.05) is 13.0 Å². The molecule has 5 atom stereocenters. The maximum atomic E-state index is 12.7. The molecule has 0 spiro atoms. The second-order valence-corrected chi connectivity index (χ2v) is 11.3. The Morgan fingerprint density at radius 2 is 2.11 bits per heavy atom. The number of carbonyl (C=O) groups is 2. The molecular weight excluding hydrogens is 472 g/mol. The maximum Gasteiger partial charge on any atom is 0.343 e. The van der Waals surface area contributed by atoms with Gasteiger partial charge in [0, 0.05) is 24.5 Å². The first-order valence-corrected chi connectivity index (χ1v) is 12.7. The number of hydrogen-bond acceptors (Lipinski definition) is 7. The lowest BCUT2D eigenvalue weighted by Crippen LogP contribution is -2.57. The van der Waals surface area contributed by atoms with Gasteiger partial charge in [0.15, 0.2) is 0 Å². The molecule has 2 fully saturated rings. The van der Waals surface area contributed by atoms with E-state index >= 15 is 0 Å². The number of anilines is 1. The van der Waals surface area contributed by atoms with E-state index in [4.69, 9.17) is 10.1 Å². The largest absolute Gasteiger partial charge is 0.423 e. The minimum Gasteiger partial charge on any atom is -0.423 e. The lowest BCUT2D eigenvalue weighted by Gasteiger charge is -2.59. The predicted molar refractivity (Wildman–Crippen MR) is 138 cm³/mol. The Kier molecular flexibility index (Phi) is 6.11. The van der Waals surface area contributed by atoms with E-state index in [0.29, 0.717) is 34.8 Å². The van der Waals surface area contributed by atoms with Crippen LogP contribution in [0.25, 0.3) is 6.08 Å². The smallest absolute Gasteiger partial charge is 0.343 e. The molecule has 2 saturated carbocycles. The van der Waals surface area contributed by atoms with Crippen LogP contribution in [0.1, 0.15) is 57.2 Å². The topological polar surface area (TPSA) is 138 Å². The number of aryl methyl sites for hydroxylation is 1. The Morgan fingerprint density at radius 3 is 2.84 bits per heavy atom. The monoisotopic (exact) mass is 506 g/mol. The number of carbonyl (C=O) groups excluding carboxylic acids is 2. The molecule has 2 aliphatic heterocycles. The number of hydrogen-bond donors (Lipinski definition) is 4. The summed E-state index contributed by atoms with van der Waals surface area (Å²) in [5, 5.41) is 36.3. The van der Waals surface area contributed by atoms with Gasteiger partial charge in [0.05, 0.1) is 36.0 Å². The summed E-state index contributed by atoms with van der Waals surface area (Å²) in [4.78, 5) is 24.5. The van der Waals surface area contributed by atoms with Gasteiger partial charge in [0.25, 0.3) is 0 Å². The first-order valence-electron chi connectivity index (χ1n) is 12.7. The number of aromatic nitrogens is 2. The molecule has 9 heteroatoms. The maximum absolute atomic E-state index is 12.7. The van der Waals surface area contributed by atoms with Crippen molar-refractivity contribution < 1.29 is 24.5 Å². The number of nitrogens with zero attached hydrogens (tertiary/aromatic N) is 2. The third-order valence-corrected chi connectivity index (χ3v) is 9.02. The van der Waals surface area contributed by atoms with Gasteiger partial charge in [-0.15, -0.1) is 0 Å². The Morgan fingerprint density at radius 1 is 1.35 bits per heavy atom. The molecule has 5 rings (SSSR count). The molecule has 0 saturated heterocycles. The molecule has 196 valence electrons. The molecule has 4 aliphatic rings. The van der Waals surface area contributed by atoms with E-state index in [0.717, 1.165) is 24.8 Å². The average molecular weight is 507 g/mol. The van der Waals surface area contributed by atoms with E-state index in [9.17, 15) is 19.8 Å². The second kappa shape index (κ2) is 8.92. The molecule has 0 bridgehead atoms. The van der Waals surface area contributed by atoms with Crippen molar-refractivity contribution in [3.8, 4) is 0 Å². The highest BCUT2D eigenvalue weighted by molar-refractivity contribution is 6.20. The van der Waals surface area contributed by atoms with Crippen molar-refractivity contribution in [3.05, 3.63) is 53.0 Å². The van der Waals surface area contributed by atoms with Gasteiger partial charge in [-0.2, -0.15) is 5.10 Å². The highest BCUT2D eigenvalue weighted by Crippen LogP contribution is 2.61. The summed E-state index contributed by atoms with van der Waals surface area (Å²) < 4.78 is 6.98. The molecule has 2 unspecified atom stereocenters. The summed E-state index contributed by atoms with van der Waals surface area (Å²) in [7, 11) is 1.68. The minimum atomic E-state index is -0.573. The third kappa shape index (κ3) is 4.01. The fourth-order valence-corrected chi connectivity index (χ4v) is 6.93. The zero-order valence-electron chi connectivity index (χ0n) is 21.5. The van der Waals surface area contributed by atoms with E-state index in [1.165, 1.54) is 4.68 Å². The van der Waals surface area contributed by atoms with Crippen LogP contribution in [0.4, 0.5) is 5.82 Å². The SMILES string of the molecule is C=C1CCC2[C@](C)(CC[C@@H](O)[C@@]2(C)CO)C1/C=C/C1=CC(=C\c2nn(C)c3c2C(=N)CC(=O)N3)/OC1=O. The van der Waals surface area contributed by atoms with Gasteiger partial charge >= 0.3 is 5.97 Å². The zero-order valence-corrected chi connectivity index (χ0v) is 21.5. The van der Waals surface area contributed by atoms with Gasteiger partial charge in [0.1, 0.15) is 17.3 Å². The van der Waals surface area contributed by atoms with Crippen molar-refractivity contribution in [2.45, 2.75) is 52.1 Å². The van der Waals surface area contributed by atoms with Crippen molar-refractivity contribution in [1.82, 2.24) is 9.78 Å². The van der Waals surface area contributed by atoms with Gasteiger partial charge < -0.3 is 25.7 Å². The molecule has 1 aromatic rings. The van der Waals surface area contributed by atoms with Crippen LogP contribution in [0.15, 0.2) is 41.7 Å². The van der Waals surface area contributed by atoms with Gasteiger partial charge in [0.2, 0.25) is 5.91 Å². The number of aliphatic hydroxyl groups is 2. The van der Waals surface area contributed by atoms with Gasteiger partial charge in [-0.1, -0.05) is 38.2 Å². The quantitative estimate of drug-likeness (QED) is 0.365. The first kappa shape index (κ1) is 25.4. The van der Waals surface area contributed by atoms with Crippen molar-refractivity contribution in [1.29, 1.82) is 5.41 Å². The number of fused-ring (bicyclic) bond motifs is 2. The molecule has 2 aliphatic carbocycles. The van der Waals surface area contributed by atoms with Crippen molar-refractivity contribution in [2.24, 2.45) is 29.7 Å². The fraction of sp³-hybridized carbons (Fsp3) is 0.500. The molecule has 4 N–H and O–H groups in total. The van der Waals surface area contributed by atoms with Crippen LogP contribution in [0.3, 0.4) is 0 Å². The van der Waals surface area contributed by atoms with E-state index < -0.39 is 17.5 Å². The highest BCUT2D eigenvalue weighted by atomic mass is 16.5. The Labute approximate surface area is 216 Å². The van der Waals surface area contributed by atoms with Crippen LogP contribution in [0.5, 0.6) is 0 Å². The number of aliphatic hydroxyl groups excluding tert-OH is 2. The fourth-order valence-electron chi connectivity index (χ4n) is 6.93. The minimum absolute atomic E-state index is 0.00162. The number of rotatable bonds is 4. The highest BCUT2D eigenvalue weighted by Gasteiger charge is 2.57. The van der Waals surface area contributed by atoms with Crippen LogP contribution in [0, 0.1) is 28.1 Å². The lowest BCUT2D eigenvalue weighted by molar-refractivity contribution is -0.145.